The molecular formula is C20H26ClNO4. The molecule has 6 heteroatoms. The largest absolute Gasteiger partial charge is 0.460 e. The highest BCUT2D eigenvalue weighted by atomic mass is 35.5. The molecule has 3 rings (SSSR count). The van der Waals surface area contributed by atoms with E-state index in [1.165, 1.54) is 0 Å². The number of amides is 1. The molecule has 26 heavy (non-hydrogen) atoms. The standard InChI is InChI=1S/C20H26ClNO4/c1-20(2,3)26-18(23)10-17-19(24)22(11-13-4-5-13)16(12-25-17)14-6-8-15(21)9-7-14/h6-9,13,16-17H,4-5,10-12H2,1-3H3. The zero-order valence-corrected chi connectivity index (χ0v) is 16.3. The molecule has 1 saturated carbocycles. The third kappa shape index (κ3) is 4.98. The highest BCUT2D eigenvalue weighted by Gasteiger charge is 2.41. The van der Waals surface area contributed by atoms with E-state index in [9.17, 15) is 9.59 Å². The Morgan fingerprint density at radius 3 is 2.50 bits per heavy atom. The second-order valence-corrected chi connectivity index (χ2v) is 8.55. The molecule has 0 aromatic heterocycles. The molecular weight excluding hydrogens is 354 g/mol. The third-order valence-electron chi connectivity index (χ3n) is 4.57. The van der Waals surface area contributed by atoms with Crippen LogP contribution in [0.2, 0.25) is 5.02 Å². The van der Waals surface area contributed by atoms with Gasteiger partial charge in [-0.3, -0.25) is 9.59 Å². The minimum Gasteiger partial charge on any atom is -0.460 e. The lowest BCUT2D eigenvalue weighted by atomic mass is 10.0. The molecule has 1 aromatic carbocycles. The van der Waals surface area contributed by atoms with Crippen molar-refractivity contribution in [3.8, 4) is 0 Å². The van der Waals surface area contributed by atoms with Crippen LogP contribution in [0.25, 0.3) is 0 Å². The lowest BCUT2D eigenvalue weighted by Gasteiger charge is -2.39. The molecule has 1 amide bonds. The van der Waals surface area contributed by atoms with Crippen LogP contribution < -0.4 is 0 Å². The van der Waals surface area contributed by atoms with Crippen molar-refractivity contribution in [2.45, 2.75) is 57.8 Å². The first-order chi connectivity index (χ1) is 12.2. The van der Waals surface area contributed by atoms with Gasteiger partial charge in [-0.2, -0.15) is 0 Å². The van der Waals surface area contributed by atoms with Crippen LogP contribution in [-0.2, 0) is 19.1 Å². The Bertz CT molecular complexity index is 663. The van der Waals surface area contributed by atoms with Crippen LogP contribution in [0.4, 0.5) is 0 Å². The molecule has 1 aliphatic heterocycles. The molecule has 142 valence electrons. The van der Waals surface area contributed by atoms with Crippen molar-refractivity contribution in [3.63, 3.8) is 0 Å². The number of carbonyl (C=O) groups excluding carboxylic acids is 2. The fourth-order valence-electron chi connectivity index (χ4n) is 3.14. The molecule has 0 radical (unpaired) electrons. The van der Waals surface area contributed by atoms with Crippen molar-refractivity contribution >= 4 is 23.5 Å². The van der Waals surface area contributed by atoms with E-state index in [0.717, 1.165) is 18.4 Å². The zero-order chi connectivity index (χ0) is 18.9. The first kappa shape index (κ1) is 19.2. The smallest absolute Gasteiger partial charge is 0.309 e. The Balaban J connectivity index is 1.72. The molecule has 0 spiro atoms. The number of hydrogen-bond donors (Lipinski definition) is 0. The Morgan fingerprint density at radius 1 is 1.27 bits per heavy atom. The van der Waals surface area contributed by atoms with Crippen LogP contribution in [0.3, 0.4) is 0 Å². The normalized spacial score (nSPS) is 23.8. The summed E-state index contributed by atoms with van der Waals surface area (Å²) in [5, 5.41) is 0.661. The van der Waals surface area contributed by atoms with E-state index in [1.807, 2.05) is 49.9 Å². The van der Waals surface area contributed by atoms with Gasteiger partial charge in [0.25, 0.3) is 5.91 Å². The molecule has 5 nitrogen and oxygen atoms in total. The van der Waals surface area contributed by atoms with Gasteiger partial charge >= 0.3 is 5.97 Å². The van der Waals surface area contributed by atoms with Gasteiger partial charge in [0.2, 0.25) is 0 Å². The van der Waals surface area contributed by atoms with Gasteiger partial charge in [0.05, 0.1) is 19.1 Å². The molecule has 1 aliphatic carbocycles. The summed E-state index contributed by atoms with van der Waals surface area (Å²) in [4.78, 5) is 27.0. The summed E-state index contributed by atoms with van der Waals surface area (Å²) in [6.45, 7) is 6.51. The average molecular weight is 380 g/mol. The Morgan fingerprint density at radius 2 is 1.92 bits per heavy atom. The maximum Gasteiger partial charge on any atom is 0.309 e. The Kier molecular flexibility index (Phi) is 5.58. The number of hydrogen-bond acceptors (Lipinski definition) is 4. The van der Waals surface area contributed by atoms with Gasteiger partial charge in [0.1, 0.15) is 11.7 Å². The molecule has 1 aromatic rings. The molecule has 2 atom stereocenters. The van der Waals surface area contributed by atoms with Crippen molar-refractivity contribution in [1.82, 2.24) is 4.90 Å². The minimum atomic E-state index is -0.771. The van der Waals surface area contributed by atoms with E-state index >= 15 is 0 Å². The maximum atomic E-state index is 13.0. The number of carbonyl (C=O) groups is 2. The number of morpholine rings is 1. The van der Waals surface area contributed by atoms with Crippen molar-refractivity contribution < 1.29 is 19.1 Å². The summed E-state index contributed by atoms with van der Waals surface area (Å²) in [7, 11) is 0. The lowest BCUT2D eigenvalue weighted by molar-refractivity contribution is -0.171. The molecule has 2 unspecified atom stereocenters. The monoisotopic (exact) mass is 379 g/mol. The molecule has 1 heterocycles. The van der Waals surface area contributed by atoms with E-state index in [1.54, 1.807) is 0 Å². The predicted octanol–water partition coefficient (Wildman–Crippen LogP) is 3.75. The minimum absolute atomic E-state index is 0.0510. The zero-order valence-electron chi connectivity index (χ0n) is 15.5. The van der Waals surface area contributed by atoms with Gasteiger partial charge in [0.15, 0.2) is 0 Å². The van der Waals surface area contributed by atoms with E-state index in [2.05, 4.69) is 0 Å². The van der Waals surface area contributed by atoms with Gasteiger partial charge < -0.3 is 14.4 Å². The molecule has 2 fully saturated rings. The van der Waals surface area contributed by atoms with E-state index in [4.69, 9.17) is 21.1 Å². The Hall–Kier alpha value is -1.59. The van der Waals surface area contributed by atoms with E-state index < -0.39 is 17.7 Å². The van der Waals surface area contributed by atoms with Crippen LogP contribution in [0.5, 0.6) is 0 Å². The first-order valence-electron chi connectivity index (χ1n) is 9.12. The number of rotatable bonds is 5. The topological polar surface area (TPSA) is 55.8 Å². The van der Waals surface area contributed by atoms with Gasteiger partial charge in [0, 0.05) is 11.6 Å². The van der Waals surface area contributed by atoms with Crippen molar-refractivity contribution in [1.29, 1.82) is 0 Å². The summed E-state index contributed by atoms with van der Waals surface area (Å²) in [5.74, 6) is 0.00940. The second-order valence-electron chi connectivity index (χ2n) is 8.11. The number of halogens is 1. The van der Waals surface area contributed by atoms with Crippen LogP contribution in [0, 0.1) is 5.92 Å². The predicted molar refractivity (Wildman–Crippen MR) is 98.8 cm³/mol. The third-order valence-corrected chi connectivity index (χ3v) is 4.82. The quantitative estimate of drug-likeness (QED) is 0.731. The van der Waals surface area contributed by atoms with Crippen LogP contribution >= 0.6 is 11.6 Å². The number of esters is 1. The Labute approximate surface area is 159 Å². The summed E-state index contributed by atoms with van der Waals surface area (Å²) in [6, 6.07) is 7.36. The second kappa shape index (κ2) is 7.57. The molecule has 0 bridgehead atoms. The van der Waals surface area contributed by atoms with Crippen LogP contribution in [-0.4, -0.2) is 41.6 Å². The molecule has 0 N–H and O–H groups in total. The van der Waals surface area contributed by atoms with Gasteiger partial charge in [-0.25, -0.2) is 0 Å². The van der Waals surface area contributed by atoms with Crippen LogP contribution in [0.15, 0.2) is 24.3 Å². The fourth-order valence-corrected chi connectivity index (χ4v) is 3.27. The number of benzene rings is 1. The number of nitrogens with zero attached hydrogens (tertiary/aromatic N) is 1. The van der Waals surface area contributed by atoms with Crippen molar-refractivity contribution in [2.24, 2.45) is 5.92 Å². The van der Waals surface area contributed by atoms with Gasteiger partial charge in [-0.1, -0.05) is 23.7 Å². The molecule has 2 aliphatic rings. The average Bonchev–Trinajstić information content (AvgIpc) is 3.35. The maximum absolute atomic E-state index is 13.0. The number of ether oxygens (including phenoxy) is 2. The SMILES string of the molecule is CC(C)(C)OC(=O)CC1OCC(c2ccc(Cl)cc2)N(CC2CC2)C1=O. The molecule has 1 saturated heterocycles. The van der Waals surface area contributed by atoms with Crippen molar-refractivity contribution in [2.75, 3.05) is 13.2 Å². The fraction of sp³-hybridized carbons (Fsp3) is 0.600. The van der Waals surface area contributed by atoms with E-state index in [-0.39, 0.29) is 18.4 Å². The van der Waals surface area contributed by atoms with Crippen molar-refractivity contribution in [3.05, 3.63) is 34.9 Å². The van der Waals surface area contributed by atoms with Crippen LogP contribution in [0.1, 0.15) is 51.6 Å². The summed E-state index contributed by atoms with van der Waals surface area (Å²) in [6.07, 6.45) is 1.47. The first-order valence-corrected chi connectivity index (χ1v) is 9.50. The summed E-state index contributed by atoms with van der Waals surface area (Å²) in [5.41, 5.74) is 0.424. The summed E-state index contributed by atoms with van der Waals surface area (Å²) >= 11 is 5.98. The van der Waals surface area contributed by atoms with Gasteiger partial charge in [-0.05, 0) is 57.2 Å². The highest BCUT2D eigenvalue weighted by molar-refractivity contribution is 6.30. The van der Waals surface area contributed by atoms with Gasteiger partial charge in [-0.15, -0.1) is 0 Å². The van der Waals surface area contributed by atoms with E-state index in [0.29, 0.717) is 24.1 Å². The highest BCUT2D eigenvalue weighted by Crippen LogP contribution is 2.36. The summed E-state index contributed by atoms with van der Waals surface area (Å²) < 4.78 is 11.1. The lowest BCUT2D eigenvalue weighted by Crippen LogP contribution is -2.51.